The molecule has 0 spiro atoms. The maximum atomic E-state index is 11.9. The van der Waals surface area contributed by atoms with Crippen molar-refractivity contribution in [1.29, 1.82) is 0 Å². The normalized spacial score (nSPS) is 22.7. The van der Waals surface area contributed by atoms with Crippen LogP contribution in [0.4, 0.5) is 0 Å². The second kappa shape index (κ2) is 14.0. The topological polar surface area (TPSA) is 60.0 Å². The maximum Gasteiger partial charge on any atom is 0.236 e. The number of carbonyl (C=O) groups excluding carboxylic acids is 1. The Bertz CT molecular complexity index is 696. The first kappa shape index (κ1) is 26.9. The van der Waals surface area contributed by atoms with Crippen molar-refractivity contribution in [1.82, 2.24) is 20.4 Å². The third kappa shape index (κ3) is 8.54. The van der Waals surface area contributed by atoms with Crippen LogP contribution in [0.3, 0.4) is 0 Å². The molecule has 2 aliphatic rings. The van der Waals surface area contributed by atoms with Gasteiger partial charge in [-0.1, -0.05) is 30.3 Å². The Labute approximate surface area is 211 Å². The lowest BCUT2D eigenvalue weighted by atomic mass is 9.79. The number of benzene rings is 1. The van der Waals surface area contributed by atoms with Crippen LogP contribution in [0, 0.1) is 5.92 Å². The van der Waals surface area contributed by atoms with E-state index in [9.17, 15) is 4.79 Å². The Balaban J connectivity index is 0.00000363. The molecule has 0 atom stereocenters. The molecule has 3 rings (SSSR count). The van der Waals surface area contributed by atoms with Crippen molar-refractivity contribution in [2.45, 2.75) is 57.4 Å². The fourth-order valence-corrected chi connectivity index (χ4v) is 4.71. The molecule has 1 saturated carbocycles. The Kier molecular flexibility index (Phi) is 11.8. The maximum absolute atomic E-state index is 11.9. The summed E-state index contributed by atoms with van der Waals surface area (Å²) in [5.74, 6) is 2.55. The molecule has 2 fully saturated rings. The monoisotopic (exact) mass is 555 g/mol. The van der Waals surface area contributed by atoms with Crippen LogP contribution < -0.4 is 10.6 Å². The van der Waals surface area contributed by atoms with Gasteiger partial charge in [0.25, 0.3) is 0 Å². The minimum atomic E-state index is 0. The first-order valence-corrected chi connectivity index (χ1v) is 12.1. The second-order valence-corrected chi connectivity index (χ2v) is 9.33. The molecule has 0 aromatic heterocycles. The number of halogens is 1. The molecule has 2 N–H and O–H groups in total. The van der Waals surface area contributed by atoms with Crippen molar-refractivity contribution >= 4 is 35.8 Å². The standard InChI is InChI=1S/C25H41N5O.HI/c1-4-26-25(28-23-14-16-30(17-15-23)19-24(31)29(2)3)27-18-20-10-12-22(13-11-20)21-8-6-5-7-9-21;/h5-9,20,22-23H,4,10-19H2,1-3H3,(H2,26,27,28);1H. The van der Waals surface area contributed by atoms with Gasteiger partial charge in [-0.25, -0.2) is 0 Å². The summed E-state index contributed by atoms with van der Waals surface area (Å²) in [6, 6.07) is 11.4. The van der Waals surface area contributed by atoms with E-state index in [4.69, 9.17) is 4.99 Å². The number of likely N-dealkylation sites (N-methyl/N-ethyl adjacent to an activating group) is 1. The Morgan fingerprint density at radius 2 is 1.72 bits per heavy atom. The van der Waals surface area contributed by atoms with Gasteiger partial charge in [0.15, 0.2) is 5.96 Å². The van der Waals surface area contributed by atoms with Crippen molar-refractivity contribution < 1.29 is 4.79 Å². The molecule has 1 aromatic carbocycles. The quantitative estimate of drug-likeness (QED) is 0.306. The number of hydrogen-bond donors (Lipinski definition) is 2. The summed E-state index contributed by atoms with van der Waals surface area (Å²) in [6.45, 7) is 6.35. The van der Waals surface area contributed by atoms with Crippen LogP contribution in [0.15, 0.2) is 35.3 Å². The zero-order chi connectivity index (χ0) is 22.1. The molecule has 1 heterocycles. The number of amides is 1. The number of nitrogens with zero attached hydrogens (tertiary/aromatic N) is 3. The van der Waals surface area contributed by atoms with E-state index in [1.165, 1.54) is 31.2 Å². The van der Waals surface area contributed by atoms with Crippen LogP contribution in [-0.2, 0) is 4.79 Å². The summed E-state index contributed by atoms with van der Waals surface area (Å²) in [7, 11) is 3.65. The highest BCUT2D eigenvalue weighted by molar-refractivity contribution is 14.0. The molecule has 0 bridgehead atoms. The number of rotatable bonds is 7. The predicted molar refractivity (Wildman–Crippen MR) is 144 cm³/mol. The van der Waals surface area contributed by atoms with Crippen molar-refractivity contribution in [2.75, 3.05) is 46.8 Å². The van der Waals surface area contributed by atoms with Crippen molar-refractivity contribution in [3.63, 3.8) is 0 Å². The van der Waals surface area contributed by atoms with Gasteiger partial charge < -0.3 is 15.5 Å². The molecule has 1 aliphatic carbocycles. The van der Waals surface area contributed by atoms with Crippen LogP contribution in [-0.4, -0.2) is 74.5 Å². The summed E-state index contributed by atoms with van der Waals surface area (Å²) in [4.78, 5) is 20.8. The molecule has 0 radical (unpaired) electrons. The number of guanidine groups is 1. The fraction of sp³-hybridized carbons (Fsp3) is 0.680. The Morgan fingerprint density at radius 1 is 1.06 bits per heavy atom. The van der Waals surface area contributed by atoms with Crippen LogP contribution in [0.1, 0.15) is 56.9 Å². The van der Waals surface area contributed by atoms with Gasteiger partial charge in [-0.2, -0.15) is 0 Å². The van der Waals surface area contributed by atoms with Gasteiger partial charge in [-0.05, 0) is 62.8 Å². The fourth-order valence-electron chi connectivity index (χ4n) is 4.71. The average molecular weight is 556 g/mol. The first-order chi connectivity index (χ1) is 15.0. The van der Waals surface area contributed by atoms with Gasteiger partial charge in [-0.3, -0.25) is 14.7 Å². The lowest BCUT2D eigenvalue weighted by Gasteiger charge is -2.33. The van der Waals surface area contributed by atoms with Crippen molar-refractivity contribution in [3.8, 4) is 0 Å². The summed E-state index contributed by atoms with van der Waals surface area (Å²) < 4.78 is 0. The number of nitrogens with one attached hydrogen (secondary N) is 2. The number of hydrogen-bond acceptors (Lipinski definition) is 3. The summed E-state index contributed by atoms with van der Waals surface area (Å²) in [5.41, 5.74) is 1.50. The molecule has 1 saturated heterocycles. The minimum absolute atomic E-state index is 0. The zero-order valence-electron chi connectivity index (χ0n) is 20.1. The summed E-state index contributed by atoms with van der Waals surface area (Å²) in [5, 5.41) is 7.07. The second-order valence-electron chi connectivity index (χ2n) is 9.33. The molecule has 1 aromatic rings. The SMILES string of the molecule is CCNC(=NCC1CCC(c2ccccc2)CC1)NC1CCN(CC(=O)N(C)C)CC1.I. The lowest BCUT2D eigenvalue weighted by Crippen LogP contribution is -2.50. The van der Waals surface area contributed by atoms with Crippen LogP contribution in [0.5, 0.6) is 0 Å². The van der Waals surface area contributed by atoms with Gasteiger partial charge in [0.2, 0.25) is 5.91 Å². The average Bonchev–Trinajstić information content (AvgIpc) is 2.80. The number of carbonyl (C=O) groups is 1. The van der Waals surface area contributed by atoms with E-state index in [2.05, 4.69) is 52.8 Å². The van der Waals surface area contributed by atoms with Gasteiger partial charge in [0.05, 0.1) is 6.54 Å². The van der Waals surface area contributed by atoms with E-state index in [1.54, 1.807) is 4.90 Å². The van der Waals surface area contributed by atoms with Crippen LogP contribution in [0.2, 0.25) is 0 Å². The third-order valence-corrected chi connectivity index (χ3v) is 6.76. The highest BCUT2D eigenvalue weighted by Gasteiger charge is 2.24. The molecule has 180 valence electrons. The highest BCUT2D eigenvalue weighted by Crippen LogP contribution is 2.35. The van der Waals surface area contributed by atoms with E-state index < -0.39 is 0 Å². The molecule has 32 heavy (non-hydrogen) atoms. The Morgan fingerprint density at radius 3 is 2.31 bits per heavy atom. The lowest BCUT2D eigenvalue weighted by molar-refractivity contribution is -0.130. The molecular formula is C25H42IN5O. The van der Waals surface area contributed by atoms with Crippen molar-refractivity contribution in [2.24, 2.45) is 10.9 Å². The first-order valence-electron chi connectivity index (χ1n) is 12.1. The van der Waals surface area contributed by atoms with Gasteiger partial charge in [-0.15, -0.1) is 24.0 Å². The molecule has 7 heteroatoms. The number of likely N-dealkylation sites (tertiary alicyclic amines) is 1. The number of piperidine rings is 1. The van der Waals surface area contributed by atoms with Crippen LogP contribution in [0.25, 0.3) is 0 Å². The van der Waals surface area contributed by atoms with E-state index in [0.717, 1.165) is 50.9 Å². The zero-order valence-corrected chi connectivity index (χ0v) is 22.4. The Hall–Kier alpha value is -1.35. The van der Waals surface area contributed by atoms with E-state index in [-0.39, 0.29) is 29.9 Å². The number of aliphatic imine (C=N–C) groups is 1. The molecular weight excluding hydrogens is 513 g/mol. The van der Waals surface area contributed by atoms with E-state index >= 15 is 0 Å². The van der Waals surface area contributed by atoms with Gasteiger partial charge in [0.1, 0.15) is 0 Å². The molecule has 6 nitrogen and oxygen atoms in total. The minimum Gasteiger partial charge on any atom is -0.357 e. The van der Waals surface area contributed by atoms with Gasteiger partial charge >= 0.3 is 0 Å². The summed E-state index contributed by atoms with van der Waals surface area (Å²) >= 11 is 0. The van der Waals surface area contributed by atoms with E-state index in [0.29, 0.717) is 18.5 Å². The van der Waals surface area contributed by atoms with E-state index in [1.807, 2.05) is 14.1 Å². The third-order valence-electron chi connectivity index (χ3n) is 6.76. The molecule has 1 aliphatic heterocycles. The smallest absolute Gasteiger partial charge is 0.236 e. The largest absolute Gasteiger partial charge is 0.357 e. The summed E-state index contributed by atoms with van der Waals surface area (Å²) in [6.07, 6.45) is 7.18. The van der Waals surface area contributed by atoms with Crippen molar-refractivity contribution in [3.05, 3.63) is 35.9 Å². The molecule has 1 amide bonds. The predicted octanol–water partition coefficient (Wildman–Crippen LogP) is 3.69. The van der Waals surface area contributed by atoms with Gasteiger partial charge in [0, 0.05) is 46.3 Å². The van der Waals surface area contributed by atoms with Crippen LogP contribution >= 0.6 is 24.0 Å². The molecule has 0 unspecified atom stereocenters. The highest BCUT2D eigenvalue weighted by atomic mass is 127.